The number of aromatic amines is 1. The number of aryl methyl sites for hydroxylation is 1. The molecular weight excluding hydrogens is 214 g/mol. The minimum absolute atomic E-state index is 0.0694. The van der Waals surface area contributed by atoms with Gasteiger partial charge in [0.05, 0.1) is 11.2 Å². The molecule has 2 rings (SSSR count). The van der Waals surface area contributed by atoms with Crippen molar-refractivity contribution < 1.29 is 5.11 Å². The van der Waals surface area contributed by atoms with E-state index in [1.54, 1.807) is 18.3 Å². The van der Waals surface area contributed by atoms with E-state index >= 15 is 0 Å². The van der Waals surface area contributed by atoms with Crippen LogP contribution in [0.4, 0.5) is 5.82 Å². The van der Waals surface area contributed by atoms with Gasteiger partial charge in [0.1, 0.15) is 11.6 Å². The monoisotopic (exact) mass is 223 g/mol. The predicted octanol–water partition coefficient (Wildman–Crippen LogP) is 2.33. The van der Waals surface area contributed by atoms with Gasteiger partial charge < -0.3 is 10.8 Å². The Morgan fingerprint density at radius 2 is 2.13 bits per heavy atom. The molecule has 0 saturated heterocycles. The third-order valence-corrected chi connectivity index (χ3v) is 2.56. The van der Waals surface area contributed by atoms with Gasteiger partial charge in [-0.05, 0) is 30.2 Å². The summed E-state index contributed by atoms with van der Waals surface area (Å²) in [6, 6.07) is 3.28. The fraction of sp³-hybridized carbons (Fsp3) is 0.100. The number of rotatable bonds is 1. The van der Waals surface area contributed by atoms with Crippen LogP contribution in [0.15, 0.2) is 18.3 Å². The fourth-order valence-electron chi connectivity index (χ4n) is 1.47. The number of anilines is 1. The number of phenolic OH excluding ortho intramolecular Hbond substituents is 1. The molecule has 0 bridgehead atoms. The van der Waals surface area contributed by atoms with Crippen LogP contribution in [0, 0.1) is 6.92 Å². The Kier molecular flexibility index (Phi) is 2.28. The summed E-state index contributed by atoms with van der Waals surface area (Å²) in [6.45, 7) is 1.87. The third-order valence-electron chi connectivity index (χ3n) is 2.25. The molecule has 0 fully saturated rings. The third kappa shape index (κ3) is 1.64. The summed E-state index contributed by atoms with van der Waals surface area (Å²) in [5.41, 5.74) is 8.25. The molecule has 0 saturated carbocycles. The van der Waals surface area contributed by atoms with E-state index in [1.807, 2.05) is 6.92 Å². The highest BCUT2D eigenvalue weighted by Gasteiger charge is 2.10. The molecule has 5 heteroatoms. The summed E-state index contributed by atoms with van der Waals surface area (Å²) in [7, 11) is 0. The minimum atomic E-state index is 0.0694. The highest BCUT2D eigenvalue weighted by molar-refractivity contribution is 6.32. The van der Waals surface area contributed by atoms with Gasteiger partial charge in [0, 0.05) is 5.56 Å². The number of hydrogen-bond acceptors (Lipinski definition) is 3. The van der Waals surface area contributed by atoms with Crippen molar-refractivity contribution in [1.29, 1.82) is 0 Å². The second-order valence-electron chi connectivity index (χ2n) is 3.32. The maximum atomic E-state index is 9.40. The summed E-state index contributed by atoms with van der Waals surface area (Å²) in [5, 5.41) is 16.2. The van der Waals surface area contributed by atoms with Crippen LogP contribution < -0.4 is 5.73 Å². The van der Waals surface area contributed by atoms with E-state index in [0.29, 0.717) is 10.8 Å². The summed E-state index contributed by atoms with van der Waals surface area (Å²) >= 11 is 5.83. The summed E-state index contributed by atoms with van der Waals surface area (Å²) in [5.74, 6) is 0.555. The average Bonchev–Trinajstić information content (AvgIpc) is 2.58. The smallest absolute Gasteiger partial charge is 0.134 e. The van der Waals surface area contributed by atoms with E-state index in [0.717, 1.165) is 16.7 Å². The van der Waals surface area contributed by atoms with Crippen LogP contribution >= 0.6 is 11.6 Å². The van der Waals surface area contributed by atoms with Crippen molar-refractivity contribution in [3.63, 3.8) is 0 Å². The number of halogens is 1. The molecule has 0 amide bonds. The van der Waals surface area contributed by atoms with E-state index in [1.165, 1.54) is 0 Å². The van der Waals surface area contributed by atoms with Crippen LogP contribution in [-0.4, -0.2) is 15.3 Å². The van der Waals surface area contributed by atoms with Crippen molar-refractivity contribution in [2.45, 2.75) is 6.92 Å². The maximum absolute atomic E-state index is 9.40. The largest absolute Gasteiger partial charge is 0.506 e. The van der Waals surface area contributed by atoms with E-state index in [4.69, 9.17) is 17.3 Å². The first-order valence-corrected chi connectivity index (χ1v) is 4.75. The standard InChI is InChI=1S/C10H10ClN3O/c1-5-2-9(15)8(11)3-6(5)7-4-13-14-10(7)12/h2-4,15H,1H3,(H3,12,13,14). The molecule has 0 unspecified atom stereocenters. The van der Waals surface area contributed by atoms with Crippen molar-refractivity contribution in [2.24, 2.45) is 0 Å². The molecule has 1 aromatic heterocycles. The fourth-order valence-corrected chi connectivity index (χ4v) is 1.63. The number of hydrogen-bond donors (Lipinski definition) is 3. The van der Waals surface area contributed by atoms with E-state index < -0.39 is 0 Å². The molecule has 4 N–H and O–H groups in total. The van der Waals surface area contributed by atoms with Crippen LogP contribution in [0.2, 0.25) is 5.02 Å². The van der Waals surface area contributed by atoms with Crippen molar-refractivity contribution in [3.8, 4) is 16.9 Å². The Hall–Kier alpha value is -1.68. The zero-order chi connectivity index (χ0) is 11.0. The number of nitrogen functional groups attached to an aromatic ring is 1. The lowest BCUT2D eigenvalue weighted by atomic mass is 10.0. The molecule has 1 heterocycles. The Morgan fingerprint density at radius 1 is 1.40 bits per heavy atom. The number of benzene rings is 1. The van der Waals surface area contributed by atoms with Gasteiger partial charge in [-0.1, -0.05) is 11.6 Å². The van der Waals surface area contributed by atoms with Crippen molar-refractivity contribution >= 4 is 17.4 Å². The number of nitrogens with zero attached hydrogens (tertiary/aromatic N) is 1. The molecule has 0 atom stereocenters. The molecule has 0 spiro atoms. The van der Waals surface area contributed by atoms with Gasteiger partial charge in [0.2, 0.25) is 0 Å². The van der Waals surface area contributed by atoms with Crippen LogP contribution in [0.3, 0.4) is 0 Å². The SMILES string of the molecule is Cc1cc(O)c(Cl)cc1-c1cn[nH]c1N. The molecule has 0 aliphatic rings. The molecule has 0 radical (unpaired) electrons. The predicted molar refractivity (Wildman–Crippen MR) is 59.8 cm³/mol. The summed E-state index contributed by atoms with van der Waals surface area (Å²) < 4.78 is 0. The van der Waals surface area contributed by atoms with Gasteiger partial charge in [-0.25, -0.2) is 0 Å². The second kappa shape index (κ2) is 3.47. The van der Waals surface area contributed by atoms with Crippen LogP contribution in [0.25, 0.3) is 11.1 Å². The van der Waals surface area contributed by atoms with Crippen molar-refractivity contribution in [2.75, 3.05) is 5.73 Å². The number of aromatic hydroxyl groups is 1. The Balaban J connectivity index is 2.64. The van der Waals surface area contributed by atoms with Crippen molar-refractivity contribution in [3.05, 3.63) is 28.9 Å². The number of nitrogens with one attached hydrogen (secondary N) is 1. The Labute approximate surface area is 91.7 Å². The molecule has 1 aromatic carbocycles. The van der Waals surface area contributed by atoms with E-state index in [2.05, 4.69) is 10.2 Å². The van der Waals surface area contributed by atoms with Gasteiger partial charge in [0.15, 0.2) is 0 Å². The summed E-state index contributed by atoms with van der Waals surface area (Å²) in [4.78, 5) is 0. The molecule has 15 heavy (non-hydrogen) atoms. The van der Waals surface area contributed by atoms with E-state index in [-0.39, 0.29) is 5.75 Å². The maximum Gasteiger partial charge on any atom is 0.134 e. The van der Waals surface area contributed by atoms with Gasteiger partial charge in [-0.3, -0.25) is 5.10 Å². The molecule has 2 aromatic rings. The number of nitrogens with two attached hydrogens (primary N) is 1. The first-order valence-electron chi connectivity index (χ1n) is 4.38. The Bertz CT molecular complexity index is 507. The summed E-state index contributed by atoms with van der Waals surface area (Å²) in [6.07, 6.45) is 1.63. The molecule has 78 valence electrons. The lowest BCUT2D eigenvalue weighted by Crippen LogP contribution is -1.89. The molecular formula is C10H10ClN3O. The first-order chi connectivity index (χ1) is 7.09. The van der Waals surface area contributed by atoms with Gasteiger partial charge in [0.25, 0.3) is 0 Å². The first kappa shape index (κ1) is 9.86. The van der Waals surface area contributed by atoms with Gasteiger partial charge in [-0.15, -0.1) is 0 Å². The lowest BCUT2D eigenvalue weighted by molar-refractivity contribution is 0.475. The zero-order valence-corrected chi connectivity index (χ0v) is 8.84. The highest BCUT2D eigenvalue weighted by Crippen LogP contribution is 2.34. The zero-order valence-electron chi connectivity index (χ0n) is 8.08. The topological polar surface area (TPSA) is 74.9 Å². The van der Waals surface area contributed by atoms with Crippen molar-refractivity contribution in [1.82, 2.24) is 10.2 Å². The number of aromatic nitrogens is 2. The second-order valence-corrected chi connectivity index (χ2v) is 3.72. The van der Waals surface area contributed by atoms with E-state index in [9.17, 15) is 5.11 Å². The molecule has 0 aliphatic heterocycles. The minimum Gasteiger partial charge on any atom is -0.506 e. The van der Waals surface area contributed by atoms with Gasteiger partial charge >= 0.3 is 0 Å². The number of H-pyrrole nitrogens is 1. The molecule has 0 aliphatic carbocycles. The average molecular weight is 224 g/mol. The van der Waals surface area contributed by atoms with Crippen LogP contribution in [-0.2, 0) is 0 Å². The normalized spacial score (nSPS) is 10.5. The quantitative estimate of drug-likeness (QED) is 0.695. The Morgan fingerprint density at radius 3 is 2.73 bits per heavy atom. The molecule has 4 nitrogen and oxygen atoms in total. The van der Waals surface area contributed by atoms with Crippen LogP contribution in [0.5, 0.6) is 5.75 Å². The number of phenols is 1. The van der Waals surface area contributed by atoms with Gasteiger partial charge in [-0.2, -0.15) is 5.10 Å². The van der Waals surface area contributed by atoms with Crippen LogP contribution in [0.1, 0.15) is 5.56 Å². The highest BCUT2D eigenvalue weighted by atomic mass is 35.5. The lowest BCUT2D eigenvalue weighted by Gasteiger charge is -2.06.